The van der Waals surface area contributed by atoms with Crippen molar-refractivity contribution in [3.05, 3.63) is 33.9 Å². The highest BCUT2D eigenvalue weighted by molar-refractivity contribution is 5.92. The van der Waals surface area contributed by atoms with E-state index in [1.165, 1.54) is 6.07 Å². The predicted molar refractivity (Wildman–Crippen MR) is 105 cm³/mol. The number of carbonyl (C=O) groups excluding carboxylic acids is 2. The maximum Gasteiger partial charge on any atom is 0.409 e. The quantitative estimate of drug-likeness (QED) is 0.589. The summed E-state index contributed by atoms with van der Waals surface area (Å²) in [5, 5.41) is 13.7. The fourth-order valence-corrected chi connectivity index (χ4v) is 2.93. The van der Waals surface area contributed by atoms with Crippen LogP contribution in [0.1, 0.15) is 25.8 Å². The van der Waals surface area contributed by atoms with Crippen LogP contribution in [-0.2, 0) is 9.53 Å². The molecule has 9 nitrogen and oxygen atoms in total. The third-order valence-corrected chi connectivity index (χ3v) is 4.44. The number of amides is 2. The second-order valence-corrected chi connectivity index (χ2v) is 7.39. The Kier molecular flexibility index (Phi) is 7.74. The molecular formula is C19H28N4O5. The minimum absolute atomic E-state index is 0.0249. The highest BCUT2D eigenvalue weighted by atomic mass is 16.6. The third kappa shape index (κ3) is 6.49. The topological polar surface area (TPSA) is 105 Å². The fraction of sp³-hybridized carbons (Fsp3) is 0.579. The molecule has 2 amide bonds. The Labute approximate surface area is 164 Å². The Morgan fingerprint density at radius 3 is 2.68 bits per heavy atom. The molecule has 154 valence electrons. The largest absolute Gasteiger partial charge is 0.449 e. The number of hydrogen-bond acceptors (Lipinski definition) is 6. The number of ether oxygens (including phenoxy) is 1. The lowest BCUT2D eigenvalue weighted by Crippen LogP contribution is -2.38. The Hall–Kier alpha value is -2.68. The number of nitro benzene ring substituents is 1. The van der Waals surface area contributed by atoms with Crippen LogP contribution in [0, 0.1) is 23.0 Å². The van der Waals surface area contributed by atoms with Crippen LogP contribution in [0.2, 0.25) is 0 Å². The molecule has 0 radical (unpaired) electrons. The van der Waals surface area contributed by atoms with Gasteiger partial charge in [0.15, 0.2) is 0 Å². The van der Waals surface area contributed by atoms with Crippen molar-refractivity contribution < 1.29 is 19.2 Å². The molecule has 1 heterocycles. The number of anilines is 1. The molecule has 1 N–H and O–H groups in total. The van der Waals surface area contributed by atoms with Crippen LogP contribution in [0.5, 0.6) is 0 Å². The first kappa shape index (κ1) is 21.6. The monoisotopic (exact) mass is 392 g/mol. The standard InChI is InChI=1S/C19H28N4O5/c1-14(2)13-28-19(25)22-8-4-7-21(9-10-22)12-18(24)20-16-6-5-15(3)17(11-16)23(26)27/h5-6,11,14H,4,7-10,12-13H2,1-3H3,(H,20,24). The van der Waals surface area contributed by atoms with Crippen LogP contribution in [0.4, 0.5) is 16.2 Å². The smallest absolute Gasteiger partial charge is 0.409 e. The second kappa shape index (κ2) is 10.0. The third-order valence-electron chi connectivity index (χ3n) is 4.44. The van der Waals surface area contributed by atoms with Gasteiger partial charge in [0.2, 0.25) is 5.91 Å². The Bertz CT molecular complexity index is 722. The van der Waals surface area contributed by atoms with E-state index < -0.39 is 4.92 Å². The van der Waals surface area contributed by atoms with Crippen LogP contribution in [-0.4, -0.2) is 66.1 Å². The molecule has 2 rings (SSSR count). The van der Waals surface area contributed by atoms with Gasteiger partial charge in [0.25, 0.3) is 5.69 Å². The van der Waals surface area contributed by atoms with Gasteiger partial charge in [0, 0.05) is 43.5 Å². The van der Waals surface area contributed by atoms with Crippen molar-refractivity contribution in [2.75, 3.05) is 44.6 Å². The number of benzene rings is 1. The van der Waals surface area contributed by atoms with Gasteiger partial charge in [0.05, 0.1) is 18.1 Å². The number of hydrogen-bond donors (Lipinski definition) is 1. The molecule has 0 aromatic heterocycles. The van der Waals surface area contributed by atoms with Gasteiger partial charge in [-0.1, -0.05) is 19.9 Å². The highest BCUT2D eigenvalue weighted by Crippen LogP contribution is 2.22. The molecule has 0 unspecified atom stereocenters. The number of nitrogens with one attached hydrogen (secondary N) is 1. The zero-order valence-corrected chi connectivity index (χ0v) is 16.6. The zero-order chi connectivity index (χ0) is 20.7. The van der Waals surface area contributed by atoms with Crippen LogP contribution < -0.4 is 5.32 Å². The molecule has 0 atom stereocenters. The lowest BCUT2D eigenvalue weighted by atomic mass is 10.2. The minimum atomic E-state index is -0.466. The average molecular weight is 392 g/mol. The molecule has 1 aromatic rings. The summed E-state index contributed by atoms with van der Waals surface area (Å²) in [7, 11) is 0. The van der Waals surface area contributed by atoms with E-state index in [-0.39, 0.29) is 30.2 Å². The summed E-state index contributed by atoms with van der Waals surface area (Å²) in [5.41, 5.74) is 0.916. The first-order chi connectivity index (χ1) is 13.3. The minimum Gasteiger partial charge on any atom is -0.449 e. The summed E-state index contributed by atoms with van der Waals surface area (Å²) in [6.07, 6.45) is 0.437. The number of carbonyl (C=O) groups is 2. The number of aryl methyl sites for hydroxylation is 1. The van der Waals surface area contributed by atoms with E-state index in [1.807, 2.05) is 18.7 Å². The lowest BCUT2D eigenvalue weighted by Gasteiger charge is -2.21. The van der Waals surface area contributed by atoms with Gasteiger partial charge < -0.3 is 15.0 Å². The zero-order valence-electron chi connectivity index (χ0n) is 16.6. The molecule has 1 aliphatic heterocycles. The summed E-state index contributed by atoms with van der Waals surface area (Å²) in [5.74, 6) is 0.0442. The molecule has 9 heteroatoms. The van der Waals surface area contributed by atoms with E-state index in [1.54, 1.807) is 24.0 Å². The van der Waals surface area contributed by atoms with Gasteiger partial charge in [-0.2, -0.15) is 0 Å². The van der Waals surface area contributed by atoms with Crippen molar-refractivity contribution in [3.63, 3.8) is 0 Å². The van der Waals surface area contributed by atoms with Crippen molar-refractivity contribution in [3.8, 4) is 0 Å². The molecule has 0 saturated carbocycles. The molecule has 0 aliphatic carbocycles. The Morgan fingerprint density at radius 2 is 2.00 bits per heavy atom. The van der Waals surface area contributed by atoms with Crippen LogP contribution in [0.15, 0.2) is 18.2 Å². The second-order valence-electron chi connectivity index (χ2n) is 7.39. The summed E-state index contributed by atoms with van der Waals surface area (Å²) in [4.78, 5) is 38.6. The van der Waals surface area contributed by atoms with Gasteiger partial charge >= 0.3 is 6.09 Å². The van der Waals surface area contributed by atoms with Gasteiger partial charge in [0.1, 0.15) is 0 Å². The molecule has 28 heavy (non-hydrogen) atoms. The molecule has 1 saturated heterocycles. The van der Waals surface area contributed by atoms with Gasteiger partial charge in [-0.3, -0.25) is 19.8 Å². The molecule has 0 spiro atoms. The SMILES string of the molecule is Cc1ccc(NC(=O)CN2CCCN(C(=O)OCC(C)C)CC2)cc1[N+](=O)[O-]. The lowest BCUT2D eigenvalue weighted by molar-refractivity contribution is -0.385. The van der Waals surface area contributed by atoms with E-state index >= 15 is 0 Å². The predicted octanol–water partition coefficient (Wildman–Crippen LogP) is 2.64. The van der Waals surface area contributed by atoms with Gasteiger partial charge in [-0.25, -0.2) is 4.79 Å². The summed E-state index contributed by atoms with van der Waals surface area (Å²) < 4.78 is 5.27. The molecule has 1 aliphatic rings. The van der Waals surface area contributed by atoms with E-state index in [2.05, 4.69) is 5.32 Å². The van der Waals surface area contributed by atoms with Gasteiger partial charge in [-0.15, -0.1) is 0 Å². The van der Waals surface area contributed by atoms with E-state index in [0.29, 0.717) is 44.0 Å². The van der Waals surface area contributed by atoms with Crippen LogP contribution in [0.25, 0.3) is 0 Å². The van der Waals surface area contributed by atoms with Crippen molar-refractivity contribution in [2.45, 2.75) is 27.2 Å². The van der Waals surface area contributed by atoms with Crippen molar-refractivity contribution in [2.24, 2.45) is 5.92 Å². The number of rotatable bonds is 6. The molecule has 0 bridgehead atoms. The highest BCUT2D eigenvalue weighted by Gasteiger charge is 2.22. The number of nitro groups is 1. The van der Waals surface area contributed by atoms with Crippen molar-refractivity contribution in [1.29, 1.82) is 0 Å². The first-order valence-electron chi connectivity index (χ1n) is 9.45. The van der Waals surface area contributed by atoms with Gasteiger partial charge in [-0.05, 0) is 25.3 Å². The molecule has 1 fully saturated rings. The maximum atomic E-state index is 12.3. The normalized spacial score (nSPS) is 15.2. The van der Waals surface area contributed by atoms with Crippen LogP contribution >= 0.6 is 0 Å². The van der Waals surface area contributed by atoms with E-state index in [9.17, 15) is 19.7 Å². The van der Waals surface area contributed by atoms with E-state index in [0.717, 1.165) is 6.42 Å². The summed E-state index contributed by atoms with van der Waals surface area (Å²) in [6, 6.07) is 4.62. The van der Waals surface area contributed by atoms with Crippen molar-refractivity contribution >= 4 is 23.4 Å². The summed E-state index contributed by atoms with van der Waals surface area (Å²) >= 11 is 0. The Morgan fingerprint density at radius 1 is 1.25 bits per heavy atom. The Balaban J connectivity index is 1.85. The van der Waals surface area contributed by atoms with E-state index in [4.69, 9.17) is 4.74 Å². The average Bonchev–Trinajstić information content (AvgIpc) is 2.86. The first-order valence-corrected chi connectivity index (χ1v) is 9.45. The molecule has 1 aromatic carbocycles. The maximum absolute atomic E-state index is 12.3. The fourth-order valence-electron chi connectivity index (χ4n) is 2.93. The van der Waals surface area contributed by atoms with Crippen molar-refractivity contribution in [1.82, 2.24) is 9.80 Å². The summed E-state index contributed by atoms with van der Waals surface area (Å²) in [6.45, 7) is 8.53. The number of nitrogens with zero attached hydrogens (tertiary/aromatic N) is 3. The van der Waals surface area contributed by atoms with Crippen LogP contribution in [0.3, 0.4) is 0 Å². The molecular weight excluding hydrogens is 364 g/mol.